The van der Waals surface area contributed by atoms with Gasteiger partial charge in [0.1, 0.15) is 0 Å². The molecule has 0 aromatic carbocycles. The topological polar surface area (TPSA) is 80.3 Å². The number of esters is 2. The van der Waals surface area contributed by atoms with Gasteiger partial charge in [0.25, 0.3) is 6.29 Å². The van der Waals surface area contributed by atoms with Crippen LogP contribution in [0.5, 0.6) is 0 Å². The molecular formula is C10H14O7. The summed E-state index contributed by atoms with van der Waals surface area (Å²) in [6, 6.07) is 0. The average molecular weight is 246 g/mol. The van der Waals surface area contributed by atoms with Gasteiger partial charge in [-0.25, -0.2) is 14.5 Å². The summed E-state index contributed by atoms with van der Waals surface area (Å²) in [5.41, 5.74) is 0. The fourth-order valence-corrected chi connectivity index (χ4v) is 0.721. The minimum Gasteiger partial charge on any atom is -0.453 e. The lowest BCUT2D eigenvalue weighted by molar-refractivity contribution is -0.540. The van der Waals surface area contributed by atoms with Crippen molar-refractivity contribution >= 4 is 11.9 Å². The minimum absolute atomic E-state index is 0.696. The van der Waals surface area contributed by atoms with Gasteiger partial charge in [0.2, 0.25) is 0 Å². The molecule has 7 nitrogen and oxygen atoms in total. The lowest BCUT2D eigenvalue weighted by Gasteiger charge is -2.20. The second-order valence-corrected chi connectivity index (χ2v) is 2.69. The quantitative estimate of drug-likeness (QED) is 0.205. The predicted octanol–water partition coefficient (Wildman–Crippen LogP) is 0.669. The number of carbonyl (C=O) groups excluding carboxylic acids is 2. The third-order valence-corrected chi connectivity index (χ3v) is 1.45. The summed E-state index contributed by atoms with van der Waals surface area (Å²) in [7, 11) is 1.19. The van der Waals surface area contributed by atoms with Gasteiger partial charge < -0.3 is 9.47 Å². The summed E-state index contributed by atoms with van der Waals surface area (Å²) in [5.74, 6) is -1.46. The summed E-state index contributed by atoms with van der Waals surface area (Å²) >= 11 is 0. The van der Waals surface area contributed by atoms with E-state index in [2.05, 4.69) is 28.0 Å². The fourth-order valence-electron chi connectivity index (χ4n) is 0.721. The van der Waals surface area contributed by atoms with Crippen LogP contribution in [0.4, 0.5) is 0 Å². The first-order valence-electron chi connectivity index (χ1n) is 4.57. The summed E-state index contributed by atoms with van der Waals surface area (Å²) in [5, 5.41) is 4.15. The lowest BCUT2D eigenvalue weighted by Crippen LogP contribution is -2.34. The van der Waals surface area contributed by atoms with Crippen LogP contribution in [0.15, 0.2) is 25.3 Å². The Morgan fingerprint density at radius 1 is 1.12 bits per heavy atom. The van der Waals surface area contributed by atoms with Gasteiger partial charge in [0, 0.05) is 12.2 Å². The lowest BCUT2D eigenvalue weighted by atomic mass is 10.4. The molecular weight excluding hydrogens is 232 g/mol. The van der Waals surface area contributed by atoms with Crippen molar-refractivity contribution in [2.75, 3.05) is 7.11 Å². The number of carbonyl (C=O) groups is 2. The Hall–Kier alpha value is -1.70. The van der Waals surface area contributed by atoms with Crippen LogP contribution in [0.2, 0.25) is 0 Å². The van der Waals surface area contributed by atoms with E-state index in [0.717, 1.165) is 12.2 Å². The van der Waals surface area contributed by atoms with Crippen molar-refractivity contribution in [3.05, 3.63) is 25.3 Å². The maximum Gasteiger partial charge on any atom is 0.332 e. The van der Waals surface area contributed by atoms with Crippen LogP contribution in [0.1, 0.15) is 6.92 Å². The number of hydrogen-bond donors (Lipinski definition) is 0. The van der Waals surface area contributed by atoms with Gasteiger partial charge in [-0.15, -0.1) is 0 Å². The van der Waals surface area contributed by atoms with Gasteiger partial charge in [-0.3, -0.25) is 0 Å². The third kappa shape index (κ3) is 6.46. The van der Waals surface area contributed by atoms with Crippen molar-refractivity contribution < 1.29 is 33.9 Å². The van der Waals surface area contributed by atoms with Crippen molar-refractivity contribution in [2.24, 2.45) is 0 Å². The average Bonchev–Trinajstić information content (AvgIpc) is 2.33. The van der Waals surface area contributed by atoms with Crippen LogP contribution in [-0.4, -0.2) is 31.4 Å². The zero-order valence-corrected chi connectivity index (χ0v) is 9.58. The molecule has 2 atom stereocenters. The van der Waals surface area contributed by atoms with Crippen molar-refractivity contribution in [2.45, 2.75) is 19.3 Å². The van der Waals surface area contributed by atoms with Crippen molar-refractivity contribution in [1.82, 2.24) is 0 Å². The Labute approximate surface area is 98.4 Å². The highest BCUT2D eigenvalue weighted by molar-refractivity contribution is 5.82. The van der Waals surface area contributed by atoms with Gasteiger partial charge >= 0.3 is 11.9 Å². The summed E-state index contributed by atoms with van der Waals surface area (Å²) in [6.07, 6.45) is -0.324. The van der Waals surface area contributed by atoms with E-state index in [9.17, 15) is 9.59 Å². The molecule has 2 unspecified atom stereocenters. The van der Waals surface area contributed by atoms with E-state index in [4.69, 9.17) is 9.47 Å². The molecule has 0 saturated carbocycles. The van der Waals surface area contributed by atoms with Crippen LogP contribution in [0.25, 0.3) is 0 Å². The van der Waals surface area contributed by atoms with E-state index in [1.54, 1.807) is 0 Å². The molecule has 0 radical (unpaired) electrons. The molecule has 0 fully saturated rings. The monoisotopic (exact) mass is 246 g/mol. The molecule has 0 aliphatic heterocycles. The number of rotatable bonds is 8. The first-order valence-corrected chi connectivity index (χ1v) is 4.57. The Morgan fingerprint density at radius 3 is 2.12 bits per heavy atom. The molecule has 96 valence electrons. The van der Waals surface area contributed by atoms with Crippen LogP contribution in [-0.2, 0) is 33.9 Å². The molecule has 7 heteroatoms. The highest BCUT2D eigenvalue weighted by atomic mass is 17.5. The molecule has 0 spiro atoms. The first-order chi connectivity index (χ1) is 8.04. The molecule has 0 amide bonds. The Morgan fingerprint density at radius 2 is 1.65 bits per heavy atom. The molecule has 17 heavy (non-hydrogen) atoms. The van der Waals surface area contributed by atoms with Crippen LogP contribution >= 0.6 is 0 Å². The standard InChI is InChI=1S/C10H14O7/c1-5-8(11)14-7(3)10(16-17-13-4)15-9(12)6-2/h5-7,10H,1-2H2,3-4H3. The summed E-state index contributed by atoms with van der Waals surface area (Å²) in [6.45, 7) is 7.85. The molecule has 0 heterocycles. The molecule has 0 aromatic heterocycles. The number of ether oxygens (including phenoxy) is 2. The number of hydrogen-bond acceptors (Lipinski definition) is 7. The Kier molecular flexibility index (Phi) is 7.61. The fraction of sp³-hybridized carbons (Fsp3) is 0.400. The normalized spacial score (nSPS) is 13.3. The zero-order chi connectivity index (χ0) is 13.3. The van der Waals surface area contributed by atoms with Gasteiger partial charge in [0.15, 0.2) is 6.10 Å². The predicted molar refractivity (Wildman–Crippen MR) is 55.0 cm³/mol. The Bertz CT molecular complexity index is 286. The Balaban J connectivity index is 4.42. The van der Waals surface area contributed by atoms with Gasteiger partial charge in [-0.2, -0.15) is 4.89 Å². The van der Waals surface area contributed by atoms with E-state index in [0.29, 0.717) is 0 Å². The first kappa shape index (κ1) is 15.3. The third-order valence-electron chi connectivity index (χ3n) is 1.45. The minimum atomic E-state index is -1.29. The highest BCUT2D eigenvalue weighted by Gasteiger charge is 2.26. The van der Waals surface area contributed by atoms with Crippen LogP contribution in [0, 0.1) is 0 Å². The van der Waals surface area contributed by atoms with E-state index in [-0.39, 0.29) is 0 Å². The second kappa shape index (κ2) is 8.45. The molecule has 0 rings (SSSR count). The van der Waals surface area contributed by atoms with Crippen LogP contribution in [0.3, 0.4) is 0 Å². The van der Waals surface area contributed by atoms with E-state index >= 15 is 0 Å². The second-order valence-electron chi connectivity index (χ2n) is 2.69. The van der Waals surface area contributed by atoms with Crippen LogP contribution < -0.4 is 0 Å². The van der Waals surface area contributed by atoms with Crippen molar-refractivity contribution in [1.29, 1.82) is 0 Å². The smallest absolute Gasteiger partial charge is 0.332 e. The highest BCUT2D eigenvalue weighted by Crippen LogP contribution is 2.08. The zero-order valence-electron chi connectivity index (χ0n) is 9.58. The molecule has 0 bridgehead atoms. The maximum absolute atomic E-state index is 11.0. The SMILES string of the molecule is C=CC(=O)OC(C)C(OOOC)OC(=O)C=C. The summed E-state index contributed by atoms with van der Waals surface area (Å²) in [4.78, 5) is 30.6. The van der Waals surface area contributed by atoms with Crippen molar-refractivity contribution in [3.8, 4) is 0 Å². The molecule has 0 aliphatic rings. The molecule has 0 aromatic rings. The van der Waals surface area contributed by atoms with E-state index in [1.165, 1.54) is 14.0 Å². The molecule has 0 N–H and O–H groups in total. The van der Waals surface area contributed by atoms with Crippen molar-refractivity contribution in [3.63, 3.8) is 0 Å². The largest absolute Gasteiger partial charge is 0.453 e. The van der Waals surface area contributed by atoms with E-state index < -0.39 is 24.3 Å². The molecule has 0 aliphatic carbocycles. The molecule has 0 saturated heterocycles. The van der Waals surface area contributed by atoms with Gasteiger partial charge in [-0.1, -0.05) is 18.2 Å². The maximum atomic E-state index is 11.0. The van der Waals surface area contributed by atoms with Gasteiger partial charge in [-0.05, 0) is 6.92 Å². The summed E-state index contributed by atoms with van der Waals surface area (Å²) < 4.78 is 9.49. The van der Waals surface area contributed by atoms with Gasteiger partial charge in [0.05, 0.1) is 7.11 Å². The van der Waals surface area contributed by atoms with E-state index in [1.807, 2.05) is 0 Å².